The van der Waals surface area contributed by atoms with Gasteiger partial charge in [0.1, 0.15) is 5.01 Å². The van der Waals surface area contributed by atoms with Crippen LogP contribution in [0.25, 0.3) is 32.7 Å². The quantitative estimate of drug-likeness (QED) is 0.0728. The van der Waals surface area contributed by atoms with E-state index in [1.165, 1.54) is 5.01 Å². The third-order valence-electron chi connectivity index (χ3n) is 7.69. The first kappa shape index (κ1) is 32.3. The Morgan fingerprint density at radius 3 is 2.74 bits per heavy atom. The van der Waals surface area contributed by atoms with Crippen molar-refractivity contribution in [2.75, 3.05) is 20.3 Å². The molecule has 3 heterocycles. The van der Waals surface area contributed by atoms with Gasteiger partial charge in [-0.1, -0.05) is 20.8 Å². The maximum absolute atomic E-state index is 12.3. The van der Waals surface area contributed by atoms with E-state index >= 15 is 0 Å². The van der Waals surface area contributed by atoms with Crippen LogP contribution in [0, 0.1) is 5.41 Å². The van der Waals surface area contributed by atoms with Crippen LogP contribution in [0.5, 0.6) is 0 Å². The number of fused-ring (bicyclic) bond motifs is 1. The second kappa shape index (κ2) is 14.2. The Morgan fingerprint density at radius 1 is 1.26 bits per heavy atom. The zero-order chi connectivity index (χ0) is 31.1. The second-order valence-electron chi connectivity index (χ2n) is 11.6. The number of aromatic nitrogens is 3. The van der Waals surface area contributed by atoms with Crippen molar-refractivity contribution in [2.24, 2.45) is 11.3 Å². The van der Waals surface area contributed by atoms with E-state index in [4.69, 9.17) is 25.3 Å². The molecule has 4 rings (SSSR count). The first-order chi connectivity index (χ1) is 20.6. The summed E-state index contributed by atoms with van der Waals surface area (Å²) in [6.07, 6.45) is 3.99. The van der Waals surface area contributed by atoms with Crippen LogP contribution >= 0.6 is 11.3 Å². The van der Waals surface area contributed by atoms with Gasteiger partial charge >= 0.3 is 0 Å². The Balaban J connectivity index is 1.81. The van der Waals surface area contributed by atoms with Gasteiger partial charge in [0.2, 0.25) is 5.91 Å². The number of nitrogens with two attached hydrogens (primary N) is 1. The minimum Gasteiger partial charge on any atom is -0.467 e. The van der Waals surface area contributed by atoms with Crippen molar-refractivity contribution in [3.05, 3.63) is 58.9 Å². The Hall–Kier alpha value is -3.60. The number of aryl methyl sites for hydroxylation is 2. The summed E-state index contributed by atoms with van der Waals surface area (Å²) < 4.78 is 13.3. The van der Waals surface area contributed by atoms with Crippen molar-refractivity contribution in [3.63, 3.8) is 0 Å². The number of nitrogens with zero attached hydrogens (tertiary/aromatic N) is 4. The molecule has 0 aliphatic carbocycles. The number of carbonyl (C=O) groups excluding carboxylic acids is 2. The minimum atomic E-state index is -0.316. The molecule has 43 heavy (non-hydrogen) atoms. The molecular formula is C33H43N5O4S. The standard InChI is InChI=1S/C33H43N5O4S/c1-7-16-38(34)29(40)14-12-24-19-43-32(36-24)23-11-13-28-26(17-23)27(18-33(4,5)20-42-21-39)31(37(28)8-2)25-10-9-15-35-30(25)22(3)41-6/h9-11,13,15,17,19,21-22H,7-8,12,14,16,18,20,34H2,1-6H3/t22-/m0/s1. The molecule has 0 saturated carbocycles. The number of benzene rings is 1. The lowest BCUT2D eigenvalue weighted by molar-refractivity contribution is -0.132. The smallest absolute Gasteiger partial charge is 0.293 e. The number of hydrogen-bond donors (Lipinski definition) is 1. The molecule has 4 aromatic rings. The fourth-order valence-electron chi connectivity index (χ4n) is 5.51. The summed E-state index contributed by atoms with van der Waals surface area (Å²) in [4.78, 5) is 33.0. The zero-order valence-corrected chi connectivity index (χ0v) is 26.9. The summed E-state index contributed by atoms with van der Waals surface area (Å²) in [6.45, 7) is 12.5. The van der Waals surface area contributed by atoms with Crippen LogP contribution in [0.4, 0.5) is 0 Å². The number of methoxy groups -OCH3 is 1. The summed E-state index contributed by atoms with van der Waals surface area (Å²) in [5.74, 6) is 5.78. The van der Waals surface area contributed by atoms with Gasteiger partial charge in [-0.15, -0.1) is 11.3 Å². The highest BCUT2D eigenvalue weighted by molar-refractivity contribution is 7.13. The van der Waals surface area contributed by atoms with E-state index in [9.17, 15) is 9.59 Å². The molecule has 0 aliphatic heterocycles. The zero-order valence-electron chi connectivity index (χ0n) is 26.1. The average Bonchev–Trinajstić information content (AvgIpc) is 3.60. The predicted octanol–water partition coefficient (Wildman–Crippen LogP) is 6.34. The van der Waals surface area contributed by atoms with Gasteiger partial charge in [0.25, 0.3) is 6.47 Å². The van der Waals surface area contributed by atoms with Gasteiger partial charge in [-0.05, 0) is 69.0 Å². The van der Waals surface area contributed by atoms with Crippen LogP contribution in [-0.4, -0.2) is 52.2 Å². The highest BCUT2D eigenvalue weighted by Gasteiger charge is 2.28. The molecular weight excluding hydrogens is 562 g/mol. The lowest BCUT2D eigenvalue weighted by Crippen LogP contribution is -2.38. The van der Waals surface area contributed by atoms with Gasteiger partial charge in [-0.3, -0.25) is 19.6 Å². The third-order valence-corrected chi connectivity index (χ3v) is 8.63. The van der Waals surface area contributed by atoms with E-state index in [2.05, 4.69) is 49.6 Å². The van der Waals surface area contributed by atoms with Crippen LogP contribution in [0.3, 0.4) is 0 Å². The number of hydrogen-bond acceptors (Lipinski definition) is 8. The summed E-state index contributed by atoms with van der Waals surface area (Å²) in [5.41, 5.74) is 6.85. The van der Waals surface area contributed by atoms with Crippen molar-refractivity contribution >= 4 is 34.6 Å². The highest BCUT2D eigenvalue weighted by atomic mass is 32.1. The van der Waals surface area contributed by atoms with Crippen LogP contribution < -0.4 is 5.84 Å². The van der Waals surface area contributed by atoms with Crippen molar-refractivity contribution in [1.29, 1.82) is 0 Å². The SMILES string of the molecule is CCCN(N)C(=O)CCc1csc(-c2ccc3c(c2)c(CC(C)(C)COC=O)c(-c2cccnc2[C@H](C)OC)n3CC)n1. The number of thiazole rings is 1. The third kappa shape index (κ3) is 7.31. The normalized spacial score (nSPS) is 12.4. The van der Waals surface area contributed by atoms with Crippen molar-refractivity contribution in [3.8, 4) is 21.8 Å². The van der Waals surface area contributed by atoms with Crippen LogP contribution in [0.15, 0.2) is 41.9 Å². The van der Waals surface area contributed by atoms with E-state index in [0.29, 0.717) is 38.9 Å². The Labute approximate surface area is 258 Å². The number of rotatable bonds is 15. The summed E-state index contributed by atoms with van der Waals surface area (Å²) in [6, 6.07) is 10.6. The molecule has 1 atom stereocenters. The number of hydrazine groups is 1. The van der Waals surface area contributed by atoms with E-state index in [-0.39, 0.29) is 17.4 Å². The van der Waals surface area contributed by atoms with Gasteiger partial charge in [-0.2, -0.15) is 0 Å². The van der Waals surface area contributed by atoms with E-state index in [1.807, 2.05) is 25.3 Å². The molecule has 1 aromatic carbocycles. The first-order valence-electron chi connectivity index (χ1n) is 14.8. The molecule has 0 unspecified atom stereocenters. The lowest BCUT2D eigenvalue weighted by Gasteiger charge is -2.25. The van der Waals surface area contributed by atoms with Crippen LogP contribution in [-0.2, 0) is 38.4 Å². The molecule has 2 N–H and O–H groups in total. The predicted molar refractivity (Wildman–Crippen MR) is 171 cm³/mol. The number of pyridine rings is 1. The largest absolute Gasteiger partial charge is 0.467 e. The molecule has 0 fully saturated rings. The van der Waals surface area contributed by atoms with Gasteiger partial charge in [0.05, 0.1) is 29.8 Å². The molecule has 10 heteroatoms. The van der Waals surface area contributed by atoms with Gasteiger partial charge in [0.15, 0.2) is 0 Å². The molecule has 0 bridgehead atoms. The summed E-state index contributed by atoms with van der Waals surface area (Å²) in [5, 5.41) is 5.34. The minimum absolute atomic E-state index is 0.0744. The Kier molecular flexibility index (Phi) is 10.7. The fraction of sp³-hybridized carbons (Fsp3) is 0.455. The molecule has 1 amide bonds. The number of ether oxygens (including phenoxy) is 2. The fourth-order valence-corrected chi connectivity index (χ4v) is 6.36. The molecule has 3 aromatic heterocycles. The maximum atomic E-state index is 12.3. The Morgan fingerprint density at radius 2 is 2.05 bits per heavy atom. The Bertz CT molecular complexity index is 1560. The van der Waals surface area contributed by atoms with Crippen LogP contribution in [0.2, 0.25) is 0 Å². The molecule has 0 aliphatic rings. The number of carbonyl (C=O) groups is 2. The highest BCUT2D eigenvalue weighted by Crippen LogP contribution is 2.41. The van der Waals surface area contributed by atoms with Crippen molar-refractivity contribution in [2.45, 2.75) is 73.0 Å². The van der Waals surface area contributed by atoms with Gasteiger partial charge in [0, 0.05) is 65.6 Å². The van der Waals surface area contributed by atoms with Crippen molar-refractivity contribution < 1.29 is 19.1 Å². The lowest BCUT2D eigenvalue weighted by atomic mass is 9.84. The first-order valence-corrected chi connectivity index (χ1v) is 15.7. The molecule has 0 spiro atoms. The summed E-state index contributed by atoms with van der Waals surface area (Å²) >= 11 is 1.57. The van der Waals surface area contributed by atoms with E-state index in [0.717, 1.165) is 62.6 Å². The molecule has 0 radical (unpaired) electrons. The van der Waals surface area contributed by atoms with Crippen LogP contribution in [0.1, 0.15) is 70.5 Å². The van der Waals surface area contributed by atoms with Gasteiger partial charge in [-0.25, -0.2) is 10.8 Å². The monoisotopic (exact) mass is 605 g/mol. The molecule has 230 valence electrons. The maximum Gasteiger partial charge on any atom is 0.293 e. The van der Waals surface area contributed by atoms with Crippen molar-refractivity contribution in [1.82, 2.24) is 19.5 Å². The van der Waals surface area contributed by atoms with E-state index in [1.54, 1.807) is 24.6 Å². The average molecular weight is 606 g/mol. The topological polar surface area (TPSA) is 113 Å². The summed E-state index contributed by atoms with van der Waals surface area (Å²) in [7, 11) is 1.70. The molecule has 0 saturated heterocycles. The second-order valence-corrected chi connectivity index (χ2v) is 12.5. The van der Waals surface area contributed by atoms with E-state index < -0.39 is 0 Å². The van der Waals surface area contributed by atoms with Gasteiger partial charge < -0.3 is 14.0 Å². The number of amides is 1. The molecule has 9 nitrogen and oxygen atoms in total.